The summed E-state index contributed by atoms with van der Waals surface area (Å²) in [6.45, 7) is 0. The molecule has 0 bridgehead atoms. The van der Waals surface area contributed by atoms with Gasteiger partial charge in [0.15, 0.2) is 6.29 Å². The van der Waals surface area contributed by atoms with Crippen LogP contribution < -0.4 is 0 Å². The first-order chi connectivity index (χ1) is 5.81. The van der Waals surface area contributed by atoms with E-state index >= 15 is 0 Å². The first-order valence-corrected chi connectivity index (χ1v) is 4.18. The van der Waals surface area contributed by atoms with Gasteiger partial charge in [0.2, 0.25) is 0 Å². The van der Waals surface area contributed by atoms with E-state index in [1.807, 2.05) is 6.07 Å². The minimum atomic E-state index is 0.646. The van der Waals surface area contributed by atoms with Crippen LogP contribution in [0.1, 0.15) is 10.4 Å². The number of carbonyl (C=O) groups excluding carboxylic acids is 1. The molecule has 3 nitrogen and oxygen atoms in total. The van der Waals surface area contributed by atoms with Gasteiger partial charge in [0.1, 0.15) is 10.9 Å². The molecule has 60 valence electrons. The molecule has 0 aliphatic heterocycles. The average Bonchev–Trinajstić information content (AvgIpc) is 2.47. The molecule has 0 amide bonds. The third-order valence-corrected chi connectivity index (χ3v) is 2.25. The number of carbonyl (C=O) groups is 1. The predicted octanol–water partition coefficient (Wildman–Crippen LogP) is 1.91. The third-order valence-electron chi connectivity index (χ3n) is 1.64. The summed E-state index contributed by atoms with van der Waals surface area (Å²) >= 11 is 3.29. The highest BCUT2D eigenvalue weighted by Gasteiger charge is 1.99. The maximum absolute atomic E-state index is 10.4. The monoisotopic (exact) mass is 224 g/mol. The zero-order chi connectivity index (χ0) is 8.55. The zero-order valence-corrected chi connectivity index (χ0v) is 7.65. The molecule has 0 N–H and O–H groups in total. The van der Waals surface area contributed by atoms with Gasteiger partial charge in [0, 0.05) is 11.8 Å². The smallest absolute Gasteiger partial charge is 0.151 e. The van der Waals surface area contributed by atoms with E-state index in [0.29, 0.717) is 5.56 Å². The Morgan fingerprint density at radius 1 is 1.50 bits per heavy atom. The lowest BCUT2D eigenvalue weighted by Crippen LogP contribution is -1.85. The molecular formula is C8H5BrN2O. The van der Waals surface area contributed by atoms with E-state index in [1.165, 1.54) is 0 Å². The van der Waals surface area contributed by atoms with Gasteiger partial charge in [-0.15, -0.1) is 0 Å². The molecule has 2 heterocycles. The van der Waals surface area contributed by atoms with Gasteiger partial charge in [-0.05, 0) is 28.1 Å². The molecule has 0 aliphatic carbocycles. The number of hydrogen-bond donors (Lipinski definition) is 0. The van der Waals surface area contributed by atoms with Crippen LogP contribution in [0.25, 0.3) is 5.52 Å². The number of rotatable bonds is 1. The molecule has 0 fully saturated rings. The van der Waals surface area contributed by atoms with Crippen LogP contribution in [0, 0.1) is 0 Å². The minimum Gasteiger partial charge on any atom is -0.304 e. The van der Waals surface area contributed by atoms with Gasteiger partial charge >= 0.3 is 0 Å². The van der Waals surface area contributed by atoms with Crippen molar-refractivity contribution in [2.45, 2.75) is 0 Å². The molecule has 0 aromatic carbocycles. The molecule has 2 rings (SSSR count). The molecule has 0 radical (unpaired) electrons. The lowest BCUT2D eigenvalue weighted by molar-refractivity contribution is 0.112. The molecule has 0 saturated carbocycles. The van der Waals surface area contributed by atoms with Gasteiger partial charge in [0.25, 0.3) is 0 Å². The van der Waals surface area contributed by atoms with Gasteiger partial charge in [-0.25, -0.2) is 4.98 Å². The summed E-state index contributed by atoms with van der Waals surface area (Å²) in [5, 5.41) is 0. The highest BCUT2D eigenvalue weighted by atomic mass is 79.9. The van der Waals surface area contributed by atoms with Crippen molar-refractivity contribution >= 4 is 27.7 Å². The number of nitrogens with zero attached hydrogens (tertiary/aromatic N) is 2. The maximum Gasteiger partial charge on any atom is 0.151 e. The van der Waals surface area contributed by atoms with Crippen molar-refractivity contribution in [1.29, 1.82) is 0 Å². The van der Waals surface area contributed by atoms with Crippen molar-refractivity contribution in [2.24, 2.45) is 0 Å². The molecule has 2 aromatic heterocycles. The molecule has 0 atom stereocenters. The molecule has 2 aromatic rings. The van der Waals surface area contributed by atoms with E-state index in [9.17, 15) is 4.79 Å². The lowest BCUT2D eigenvalue weighted by Gasteiger charge is -1.93. The van der Waals surface area contributed by atoms with Crippen LogP contribution >= 0.6 is 15.9 Å². The molecule has 0 aliphatic rings. The standard InChI is InChI=1S/C8H5BrN2O/c9-8-7-2-1-6(4-12)3-11(7)5-10-8/h1-5H. The Balaban J connectivity index is 2.77. The van der Waals surface area contributed by atoms with Crippen LogP contribution in [0.5, 0.6) is 0 Å². The van der Waals surface area contributed by atoms with Gasteiger partial charge in [-0.1, -0.05) is 0 Å². The van der Waals surface area contributed by atoms with Crippen molar-refractivity contribution in [1.82, 2.24) is 9.38 Å². The van der Waals surface area contributed by atoms with E-state index in [0.717, 1.165) is 16.4 Å². The Kier molecular flexibility index (Phi) is 1.69. The van der Waals surface area contributed by atoms with E-state index in [1.54, 1.807) is 23.0 Å². The van der Waals surface area contributed by atoms with E-state index < -0.39 is 0 Å². The highest BCUT2D eigenvalue weighted by molar-refractivity contribution is 9.10. The van der Waals surface area contributed by atoms with Crippen molar-refractivity contribution in [3.8, 4) is 0 Å². The van der Waals surface area contributed by atoms with Crippen LogP contribution in [0.15, 0.2) is 29.3 Å². The predicted molar refractivity (Wildman–Crippen MR) is 48.3 cm³/mol. The first kappa shape index (κ1) is 7.49. The van der Waals surface area contributed by atoms with E-state index in [4.69, 9.17) is 0 Å². The second-order valence-electron chi connectivity index (χ2n) is 2.41. The van der Waals surface area contributed by atoms with Crippen molar-refractivity contribution in [3.63, 3.8) is 0 Å². The first-order valence-electron chi connectivity index (χ1n) is 3.38. The Bertz CT molecular complexity index is 436. The van der Waals surface area contributed by atoms with Crippen molar-refractivity contribution < 1.29 is 4.79 Å². The zero-order valence-electron chi connectivity index (χ0n) is 6.07. The Hall–Kier alpha value is -1.16. The normalized spacial score (nSPS) is 10.4. The van der Waals surface area contributed by atoms with Crippen LogP contribution in [-0.4, -0.2) is 15.7 Å². The quantitative estimate of drug-likeness (QED) is 0.694. The number of imidazole rings is 1. The summed E-state index contributed by atoms with van der Waals surface area (Å²) in [4.78, 5) is 14.4. The summed E-state index contributed by atoms with van der Waals surface area (Å²) in [7, 11) is 0. The molecule has 12 heavy (non-hydrogen) atoms. The number of fused-ring (bicyclic) bond motifs is 1. The maximum atomic E-state index is 10.4. The van der Waals surface area contributed by atoms with E-state index in [2.05, 4.69) is 20.9 Å². The summed E-state index contributed by atoms with van der Waals surface area (Å²) in [5.41, 5.74) is 1.60. The highest BCUT2D eigenvalue weighted by Crippen LogP contribution is 2.15. The average molecular weight is 225 g/mol. The van der Waals surface area contributed by atoms with Gasteiger partial charge < -0.3 is 4.40 Å². The van der Waals surface area contributed by atoms with Crippen LogP contribution in [0.4, 0.5) is 0 Å². The fourth-order valence-electron chi connectivity index (χ4n) is 1.05. The van der Waals surface area contributed by atoms with E-state index in [-0.39, 0.29) is 0 Å². The second-order valence-corrected chi connectivity index (χ2v) is 3.16. The van der Waals surface area contributed by atoms with Gasteiger partial charge in [-0.3, -0.25) is 4.79 Å². The Morgan fingerprint density at radius 2 is 2.33 bits per heavy atom. The number of hydrogen-bond acceptors (Lipinski definition) is 2. The van der Waals surface area contributed by atoms with Crippen LogP contribution in [-0.2, 0) is 0 Å². The minimum absolute atomic E-state index is 0.646. The fourth-order valence-corrected chi connectivity index (χ4v) is 1.48. The topological polar surface area (TPSA) is 34.4 Å². The summed E-state index contributed by atoms with van der Waals surface area (Å²) in [6.07, 6.45) is 4.21. The van der Waals surface area contributed by atoms with Gasteiger partial charge in [-0.2, -0.15) is 0 Å². The number of aromatic nitrogens is 2. The van der Waals surface area contributed by atoms with Crippen LogP contribution in [0.2, 0.25) is 0 Å². The number of aldehydes is 1. The Morgan fingerprint density at radius 3 is 3.08 bits per heavy atom. The third kappa shape index (κ3) is 1.04. The number of pyridine rings is 1. The molecule has 4 heteroatoms. The van der Waals surface area contributed by atoms with Crippen molar-refractivity contribution in [2.75, 3.05) is 0 Å². The number of halogens is 1. The molecular weight excluding hydrogens is 220 g/mol. The summed E-state index contributed by atoms with van der Waals surface area (Å²) in [5.74, 6) is 0. The SMILES string of the molecule is O=Cc1ccc2c(Br)ncn2c1. The molecule has 0 unspecified atom stereocenters. The fraction of sp³-hybridized carbons (Fsp3) is 0. The largest absolute Gasteiger partial charge is 0.304 e. The molecule has 0 spiro atoms. The van der Waals surface area contributed by atoms with Gasteiger partial charge in [0.05, 0.1) is 5.52 Å². The lowest BCUT2D eigenvalue weighted by atomic mass is 10.3. The second kappa shape index (κ2) is 2.71. The summed E-state index contributed by atoms with van der Waals surface area (Å²) < 4.78 is 2.59. The summed E-state index contributed by atoms with van der Waals surface area (Å²) in [6, 6.07) is 3.61. The van der Waals surface area contributed by atoms with Crippen LogP contribution in [0.3, 0.4) is 0 Å². The van der Waals surface area contributed by atoms with Crippen molar-refractivity contribution in [3.05, 3.63) is 34.8 Å². The molecule has 0 saturated heterocycles. The Labute approximate surface area is 77.2 Å².